The minimum Gasteiger partial charge on any atom is -0.497 e. The predicted octanol–water partition coefficient (Wildman–Crippen LogP) is 3.87. The highest BCUT2D eigenvalue weighted by molar-refractivity contribution is 5.94. The molecule has 2 aromatic carbocycles. The summed E-state index contributed by atoms with van der Waals surface area (Å²) in [5.74, 6) is 0.832. The van der Waals surface area contributed by atoms with Crippen molar-refractivity contribution >= 4 is 22.5 Å². The molecular weight excluding hydrogens is 300 g/mol. The summed E-state index contributed by atoms with van der Waals surface area (Å²) in [7, 11) is 1.65. The fraction of sp³-hybridized carbons (Fsp3) is 0.150. The van der Waals surface area contributed by atoms with E-state index in [2.05, 4.69) is 6.58 Å². The molecule has 0 bridgehead atoms. The topological polar surface area (TPSA) is 34.5 Å². The molecular formula is C20H20N2O2. The summed E-state index contributed by atoms with van der Waals surface area (Å²) in [4.78, 5) is 14.5. The summed E-state index contributed by atoms with van der Waals surface area (Å²) in [6, 6.07) is 17.5. The van der Waals surface area contributed by atoms with E-state index in [1.807, 2.05) is 65.4 Å². The zero-order valence-electron chi connectivity index (χ0n) is 13.7. The van der Waals surface area contributed by atoms with Crippen LogP contribution in [0.5, 0.6) is 5.75 Å². The van der Waals surface area contributed by atoms with Gasteiger partial charge < -0.3 is 14.2 Å². The Morgan fingerprint density at radius 2 is 2.00 bits per heavy atom. The maximum absolute atomic E-state index is 12.8. The first-order valence-electron chi connectivity index (χ1n) is 7.82. The Morgan fingerprint density at radius 1 is 1.21 bits per heavy atom. The summed E-state index contributed by atoms with van der Waals surface area (Å²) < 4.78 is 7.20. The molecule has 0 saturated carbocycles. The Labute approximate surface area is 141 Å². The van der Waals surface area contributed by atoms with E-state index < -0.39 is 0 Å². The second kappa shape index (κ2) is 7.04. The van der Waals surface area contributed by atoms with Gasteiger partial charge in [0.2, 0.25) is 5.91 Å². The number of aromatic nitrogens is 1. The van der Waals surface area contributed by atoms with Gasteiger partial charge in [0.05, 0.1) is 7.11 Å². The van der Waals surface area contributed by atoms with E-state index >= 15 is 0 Å². The summed E-state index contributed by atoms with van der Waals surface area (Å²) >= 11 is 0. The van der Waals surface area contributed by atoms with Crippen molar-refractivity contribution < 1.29 is 9.53 Å². The maximum Gasteiger partial charge on any atom is 0.247 e. The Hall–Kier alpha value is -3.01. The fourth-order valence-electron chi connectivity index (χ4n) is 2.76. The van der Waals surface area contributed by atoms with Crippen molar-refractivity contribution in [2.75, 3.05) is 18.6 Å². The number of hydrogen-bond donors (Lipinski definition) is 0. The van der Waals surface area contributed by atoms with E-state index in [-0.39, 0.29) is 12.5 Å². The molecule has 0 radical (unpaired) electrons. The monoisotopic (exact) mass is 320 g/mol. The number of anilines is 1. The molecule has 0 spiro atoms. The van der Waals surface area contributed by atoms with E-state index in [0.717, 1.165) is 22.3 Å². The van der Waals surface area contributed by atoms with Gasteiger partial charge in [0.1, 0.15) is 12.3 Å². The number of para-hydroxylation sites is 1. The number of hydrogen-bond acceptors (Lipinski definition) is 2. The van der Waals surface area contributed by atoms with Crippen LogP contribution in [0.15, 0.2) is 73.4 Å². The van der Waals surface area contributed by atoms with Gasteiger partial charge in [0.15, 0.2) is 0 Å². The quantitative estimate of drug-likeness (QED) is 0.646. The van der Waals surface area contributed by atoms with Crippen LogP contribution in [0, 0.1) is 0 Å². The molecule has 0 unspecified atom stereocenters. The van der Waals surface area contributed by atoms with Crippen LogP contribution in [0.2, 0.25) is 0 Å². The number of amides is 1. The number of nitrogens with zero attached hydrogens (tertiary/aromatic N) is 2. The second-order valence-electron chi connectivity index (χ2n) is 5.50. The summed E-state index contributed by atoms with van der Waals surface area (Å²) in [6.45, 7) is 4.52. The van der Waals surface area contributed by atoms with Gasteiger partial charge >= 0.3 is 0 Å². The second-order valence-corrected chi connectivity index (χ2v) is 5.50. The highest BCUT2D eigenvalue weighted by atomic mass is 16.5. The van der Waals surface area contributed by atoms with Crippen molar-refractivity contribution in [1.29, 1.82) is 0 Å². The van der Waals surface area contributed by atoms with Gasteiger partial charge in [-0.05, 0) is 36.4 Å². The molecule has 0 saturated heterocycles. The Kier molecular flexibility index (Phi) is 4.66. The van der Waals surface area contributed by atoms with E-state index in [4.69, 9.17) is 4.74 Å². The number of fused-ring (bicyclic) bond motifs is 1. The average Bonchev–Trinajstić information content (AvgIpc) is 3.02. The van der Waals surface area contributed by atoms with Gasteiger partial charge in [-0.3, -0.25) is 4.79 Å². The Morgan fingerprint density at radius 3 is 2.71 bits per heavy atom. The average molecular weight is 320 g/mol. The molecule has 3 aromatic rings. The molecule has 24 heavy (non-hydrogen) atoms. The lowest BCUT2D eigenvalue weighted by Gasteiger charge is -2.21. The highest BCUT2D eigenvalue weighted by Gasteiger charge is 2.15. The number of carbonyl (C=O) groups excluding carboxylic acids is 1. The summed E-state index contributed by atoms with van der Waals surface area (Å²) in [6.07, 6.45) is 3.67. The van der Waals surface area contributed by atoms with E-state index in [1.165, 1.54) is 0 Å². The van der Waals surface area contributed by atoms with Crippen molar-refractivity contribution in [2.45, 2.75) is 6.54 Å². The maximum atomic E-state index is 12.8. The minimum absolute atomic E-state index is 0.0226. The molecule has 0 fully saturated rings. The zero-order chi connectivity index (χ0) is 16.9. The third-order valence-corrected chi connectivity index (χ3v) is 3.96. The Balaban J connectivity index is 1.86. The molecule has 4 nitrogen and oxygen atoms in total. The van der Waals surface area contributed by atoms with Gasteiger partial charge in [-0.25, -0.2) is 0 Å². The zero-order valence-corrected chi connectivity index (χ0v) is 13.7. The molecule has 1 aromatic heterocycles. The molecule has 1 heterocycles. The summed E-state index contributed by atoms with van der Waals surface area (Å²) in [5, 5.41) is 1.05. The first-order chi connectivity index (χ1) is 11.7. The van der Waals surface area contributed by atoms with Crippen LogP contribution >= 0.6 is 0 Å². The van der Waals surface area contributed by atoms with Gasteiger partial charge in [-0.1, -0.05) is 24.3 Å². The van der Waals surface area contributed by atoms with Crippen molar-refractivity contribution in [3.63, 3.8) is 0 Å². The van der Waals surface area contributed by atoms with Crippen molar-refractivity contribution in [1.82, 2.24) is 4.57 Å². The highest BCUT2D eigenvalue weighted by Crippen LogP contribution is 2.22. The van der Waals surface area contributed by atoms with Crippen LogP contribution in [0.1, 0.15) is 0 Å². The number of ether oxygens (including phenoxy) is 1. The number of carbonyl (C=O) groups is 1. The van der Waals surface area contributed by atoms with Gasteiger partial charge in [0.25, 0.3) is 0 Å². The third-order valence-electron chi connectivity index (χ3n) is 3.96. The van der Waals surface area contributed by atoms with Crippen LogP contribution < -0.4 is 9.64 Å². The van der Waals surface area contributed by atoms with Crippen LogP contribution in [0.3, 0.4) is 0 Å². The van der Waals surface area contributed by atoms with Crippen LogP contribution in [0.25, 0.3) is 10.9 Å². The van der Waals surface area contributed by atoms with E-state index in [9.17, 15) is 4.79 Å². The Bertz CT molecular complexity index is 852. The fourth-order valence-corrected chi connectivity index (χ4v) is 2.76. The van der Waals surface area contributed by atoms with Crippen molar-refractivity contribution in [3.8, 4) is 5.75 Å². The SMILES string of the molecule is C=CCN(C(=O)Cn1ccc2cc(OC)ccc21)c1ccccc1. The first kappa shape index (κ1) is 15.9. The largest absolute Gasteiger partial charge is 0.497 e. The molecule has 0 atom stereocenters. The molecule has 0 aliphatic heterocycles. The molecule has 122 valence electrons. The van der Waals surface area contributed by atoms with Gasteiger partial charge in [0, 0.05) is 29.3 Å². The number of methoxy groups -OCH3 is 1. The summed E-state index contributed by atoms with van der Waals surface area (Å²) in [5.41, 5.74) is 1.89. The molecule has 0 aliphatic carbocycles. The molecule has 0 N–H and O–H groups in total. The van der Waals surface area contributed by atoms with E-state index in [0.29, 0.717) is 6.54 Å². The van der Waals surface area contributed by atoms with Gasteiger partial charge in [-0.15, -0.1) is 6.58 Å². The van der Waals surface area contributed by atoms with E-state index in [1.54, 1.807) is 18.1 Å². The van der Waals surface area contributed by atoms with Crippen molar-refractivity contribution in [3.05, 3.63) is 73.4 Å². The lowest BCUT2D eigenvalue weighted by molar-refractivity contribution is -0.119. The molecule has 1 amide bonds. The standard InChI is InChI=1S/C20H20N2O2/c1-3-12-22(17-7-5-4-6-8-17)20(23)15-21-13-11-16-14-18(24-2)9-10-19(16)21/h3-11,13-14H,1,12,15H2,2H3. The lowest BCUT2D eigenvalue weighted by atomic mass is 10.2. The normalized spacial score (nSPS) is 10.5. The molecule has 3 rings (SSSR count). The van der Waals surface area contributed by atoms with Crippen LogP contribution in [-0.4, -0.2) is 24.1 Å². The van der Waals surface area contributed by atoms with Crippen LogP contribution in [-0.2, 0) is 11.3 Å². The molecule has 4 heteroatoms. The lowest BCUT2D eigenvalue weighted by Crippen LogP contribution is -2.33. The number of benzene rings is 2. The number of rotatable bonds is 6. The first-order valence-corrected chi connectivity index (χ1v) is 7.82. The minimum atomic E-state index is 0.0226. The van der Waals surface area contributed by atoms with Crippen LogP contribution in [0.4, 0.5) is 5.69 Å². The molecule has 0 aliphatic rings. The predicted molar refractivity (Wildman–Crippen MR) is 97.5 cm³/mol. The third kappa shape index (κ3) is 3.18. The van der Waals surface area contributed by atoms with Crippen molar-refractivity contribution in [2.24, 2.45) is 0 Å². The smallest absolute Gasteiger partial charge is 0.247 e. The van der Waals surface area contributed by atoms with Gasteiger partial charge in [-0.2, -0.15) is 0 Å².